The average molecular weight is 394 g/mol. The van der Waals surface area contributed by atoms with Gasteiger partial charge in [-0.3, -0.25) is 0 Å². The molecule has 0 fully saturated rings. The van der Waals surface area contributed by atoms with E-state index in [2.05, 4.69) is 4.72 Å². The molecule has 2 N–H and O–H groups in total. The van der Waals surface area contributed by atoms with Crippen molar-refractivity contribution in [1.82, 2.24) is 4.72 Å². The Bertz CT molecular complexity index is 955. The van der Waals surface area contributed by atoms with Gasteiger partial charge in [-0.1, -0.05) is 48.0 Å². The van der Waals surface area contributed by atoms with Crippen molar-refractivity contribution in [2.24, 2.45) is 0 Å². The molecule has 4 nitrogen and oxygen atoms in total. The molecule has 1 heterocycles. The first-order valence-corrected chi connectivity index (χ1v) is 10.2. The number of sulfonamides is 1. The van der Waals surface area contributed by atoms with Crippen LogP contribution in [0.3, 0.4) is 0 Å². The first-order valence-electron chi connectivity index (χ1n) is 7.52. The van der Waals surface area contributed by atoms with Crippen LogP contribution in [0.2, 0.25) is 5.02 Å². The first kappa shape index (κ1) is 18.1. The van der Waals surface area contributed by atoms with Gasteiger partial charge in [-0.25, -0.2) is 13.1 Å². The van der Waals surface area contributed by atoms with Crippen LogP contribution in [0, 0.1) is 0 Å². The van der Waals surface area contributed by atoms with E-state index in [9.17, 15) is 13.5 Å². The summed E-state index contributed by atoms with van der Waals surface area (Å²) < 4.78 is 27.2. The molecule has 3 aromatic rings. The highest BCUT2D eigenvalue weighted by Gasteiger charge is 2.16. The zero-order valence-electron chi connectivity index (χ0n) is 13.1. The van der Waals surface area contributed by atoms with Crippen molar-refractivity contribution < 1.29 is 13.5 Å². The lowest BCUT2D eigenvalue weighted by atomic mass is 10.1. The number of aliphatic hydroxyl groups excluding tert-OH is 1. The van der Waals surface area contributed by atoms with Crippen LogP contribution >= 0.6 is 22.9 Å². The summed E-state index contributed by atoms with van der Waals surface area (Å²) in [5.41, 5.74) is 0.801. The van der Waals surface area contributed by atoms with Gasteiger partial charge in [0.05, 0.1) is 4.90 Å². The van der Waals surface area contributed by atoms with E-state index in [1.807, 2.05) is 42.5 Å². The van der Waals surface area contributed by atoms with Gasteiger partial charge in [-0.15, -0.1) is 11.3 Å². The summed E-state index contributed by atoms with van der Waals surface area (Å²) >= 11 is 7.22. The molecule has 0 aliphatic carbocycles. The van der Waals surface area contributed by atoms with Crippen molar-refractivity contribution in [2.75, 3.05) is 0 Å². The van der Waals surface area contributed by atoms with E-state index in [-0.39, 0.29) is 11.4 Å². The van der Waals surface area contributed by atoms with Gasteiger partial charge in [-0.05, 0) is 35.9 Å². The van der Waals surface area contributed by atoms with Crippen molar-refractivity contribution in [1.29, 1.82) is 0 Å². The van der Waals surface area contributed by atoms with Crippen molar-refractivity contribution >= 4 is 33.0 Å². The van der Waals surface area contributed by atoms with Crippen molar-refractivity contribution in [3.05, 3.63) is 87.1 Å². The fourth-order valence-electron chi connectivity index (χ4n) is 2.32. The van der Waals surface area contributed by atoms with Gasteiger partial charge in [0.1, 0.15) is 6.10 Å². The van der Waals surface area contributed by atoms with Gasteiger partial charge in [0.15, 0.2) is 0 Å². The maximum absolute atomic E-state index is 12.3. The predicted molar refractivity (Wildman–Crippen MR) is 100 cm³/mol. The Morgan fingerprint density at radius 1 is 1.04 bits per heavy atom. The van der Waals surface area contributed by atoms with E-state index in [0.29, 0.717) is 5.02 Å². The van der Waals surface area contributed by atoms with E-state index in [4.69, 9.17) is 11.6 Å². The Hall–Kier alpha value is -1.70. The molecule has 0 spiro atoms. The van der Waals surface area contributed by atoms with Crippen molar-refractivity contribution in [3.8, 4) is 0 Å². The first-order chi connectivity index (χ1) is 12.0. The number of thiophene rings is 1. The molecule has 0 aliphatic heterocycles. The highest BCUT2D eigenvalue weighted by atomic mass is 35.5. The topological polar surface area (TPSA) is 66.4 Å². The Balaban J connectivity index is 1.70. The maximum Gasteiger partial charge on any atom is 0.240 e. The van der Waals surface area contributed by atoms with E-state index in [0.717, 1.165) is 15.3 Å². The third kappa shape index (κ3) is 4.48. The van der Waals surface area contributed by atoms with Crippen molar-refractivity contribution in [3.63, 3.8) is 0 Å². The molecular weight excluding hydrogens is 378 g/mol. The highest BCUT2D eigenvalue weighted by molar-refractivity contribution is 7.89. The van der Waals surface area contributed by atoms with Crippen LogP contribution in [-0.4, -0.2) is 13.5 Å². The van der Waals surface area contributed by atoms with Gasteiger partial charge in [0.25, 0.3) is 0 Å². The third-order valence-corrected chi connectivity index (χ3v) is 6.38. The van der Waals surface area contributed by atoms with Crippen LogP contribution in [0.1, 0.15) is 21.4 Å². The molecule has 7 heteroatoms. The highest BCUT2D eigenvalue weighted by Crippen LogP contribution is 2.28. The van der Waals surface area contributed by atoms with Crippen LogP contribution in [0.25, 0.3) is 0 Å². The summed E-state index contributed by atoms with van der Waals surface area (Å²) in [7, 11) is -3.63. The van der Waals surface area contributed by atoms with Crippen LogP contribution < -0.4 is 4.72 Å². The Labute approximate surface area is 155 Å². The van der Waals surface area contributed by atoms with Gasteiger partial charge in [0, 0.05) is 21.3 Å². The minimum Gasteiger partial charge on any atom is -0.383 e. The second kappa shape index (κ2) is 7.68. The molecule has 0 amide bonds. The number of rotatable bonds is 6. The Kier molecular flexibility index (Phi) is 5.56. The van der Waals surface area contributed by atoms with Gasteiger partial charge in [0.2, 0.25) is 10.0 Å². The fraction of sp³-hybridized carbons (Fsp3) is 0.111. The lowest BCUT2D eigenvalue weighted by Gasteiger charge is -2.08. The molecule has 0 bridgehead atoms. The smallest absolute Gasteiger partial charge is 0.240 e. The summed E-state index contributed by atoms with van der Waals surface area (Å²) in [6, 6.07) is 19.1. The Morgan fingerprint density at radius 3 is 2.52 bits per heavy atom. The van der Waals surface area contributed by atoms with Gasteiger partial charge < -0.3 is 5.11 Å². The normalized spacial score (nSPS) is 12.9. The van der Waals surface area contributed by atoms with E-state index < -0.39 is 16.1 Å². The predicted octanol–water partition coefficient (Wildman–Crippen LogP) is 3.96. The maximum atomic E-state index is 12.3. The molecule has 2 aromatic carbocycles. The quantitative estimate of drug-likeness (QED) is 0.666. The average Bonchev–Trinajstić information content (AvgIpc) is 3.09. The number of aliphatic hydroxyl groups is 1. The molecule has 1 aromatic heterocycles. The molecule has 0 aliphatic rings. The second-order valence-electron chi connectivity index (χ2n) is 5.40. The van der Waals surface area contributed by atoms with E-state index >= 15 is 0 Å². The van der Waals surface area contributed by atoms with Crippen LogP contribution in [0.4, 0.5) is 0 Å². The van der Waals surface area contributed by atoms with E-state index in [1.54, 1.807) is 12.1 Å². The SMILES string of the molecule is O=S(=O)(NCc1ccc(C(O)c2ccccc2)s1)c1cccc(Cl)c1. The third-order valence-electron chi connectivity index (χ3n) is 3.61. The lowest BCUT2D eigenvalue weighted by Crippen LogP contribution is -2.22. The van der Waals surface area contributed by atoms with Crippen LogP contribution in [0.15, 0.2) is 71.6 Å². The number of halogens is 1. The lowest BCUT2D eigenvalue weighted by molar-refractivity contribution is 0.224. The summed E-state index contributed by atoms with van der Waals surface area (Å²) in [4.78, 5) is 1.71. The number of hydrogen-bond donors (Lipinski definition) is 2. The summed E-state index contributed by atoms with van der Waals surface area (Å²) in [5, 5.41) is 10.8. The minimum atomic E-state index is -3.63. The van der Waals surface area contributed by atoms with Crippen LogP contribution in [-0.2, 0) is 16.6 Å². The fourth-order valence-corrected chi connectivity index (χ4v) is 4.69. The molecular formula is C18H16ClNO3S2. The second-order valence-corrected chi connectivity index (χ2v) is 8.80. The molecule has 130 valence electrons. The number of hydrogen-bond acceptors (Lipinski definition) is 4. The molecule has 3 rings (SSSR count). The molecule has 1 unspecified atom stereocenters. The summed E-state index contributed by atoms with van der Waals surface area (Å²) in [6.07, 6.45) is -0.718. The van der Waals surface area contributed by atoms with Gasteiger partial charge in [-0.2, -0.15) is 0 Å². The van der Waals surface area contributed by atoms with E-state index in [1.165, 1.54) is 23.5 Å². The number of nitrogens with one attached hydrogen (secondary N) is 1. The largest absolute Gasteiger partial charge is 0.383 e. The number of benzene rings is 2. The zero-order chi connectivity index (χ0) is 17.9. The zero-order valence-corrected chi connectivity index (χ0v) is 15.5. The van der Waals surface area contributed by atoms with Gasteiger partial charge >= 0.3 is 0 Å². The van der Waals surface area contributed by atoms with Crippen molar-refractivity contribution in [2.45, 2.75) is 17.5 Å². The molecule has 25 heavy (non-hydrogen) atoms. The molecule has 0 radical (unpaired) electrons. The molecule has 0 saturated carbocycles. The Morgan fingerprint density at radius 2 is 1.80 bits per heavy atom. The van der Waals surface area contributed by atoms with Crippen LogP contribution in [0.5, 0.6) is 0 Å². The summed E-state index contributed by atoms with van der Waals surface area (Å²) in [6.45, 7) is 0.154. The standard InChI is InChI=1S/C18H16ClNO3S2/c19-14-7-4-8-16(11-14)25(22,23)20-12-15-9-10-17(24-15)18(21)13-5-2-1-3-6-13/h1-11,18,20-21H,12H2. The minimum absolute atomic E-state index is 0.126. The molecule has 1 atom stereocenters. The summed E-state index contributed by atoms with van der Waals surface area (Å²) in [5.74, 6) is 0. The molecule has 0 saturated heterocycles. The monoisotopic (exact) mass is 393 g/mol.